The van der Waals surface area contributed by atoms with Crippen LogP contribution in [0, 0.1) is 5.92 Å². The van der Waals surface area contributed by atoms with Gasteiger partial charge in [0.15, 0.2) is 0 Å². The Bertz CT molecular complexity index is 538. The van der Waals surface area contributed by atoms with Crippen molar-refractivity contribution in [1.29, 1.82) is 0 Å². The zero-order chi connectivity index (χ0) is 16.8. The van der Waals surface area contributed by atoms with E-state index in [1.807, 2.05) is 30.0 Å². The molecular formula is C18H28ClN3O2. The fraction of sp³-hybridized carbons (Fsp3) is 0.556. The lowest BCUT2D eigenvalue weighted by Gasteiger charge is -2.38. The average Bonchev–Trinajstić information content (AvgIpc) is 2.55. The highest BCUT2D eigenvalue weighted by Gasteiger charge is 2.29. The number of nitrogens with zero attached hydrogens (tertiary/aromatic N) is 1. The third-order valence-electron chi connectivity index (χ3n) is 4.46. The van der Waals surface area contributed by atoms with Gasteiger partial charge >= 0.3 is 0 Å². The van der Waals surface area contributed by atoms with Crippen molar-refractivity contribution in [2.45, 2.75) is 45.2 Å². The minimum Gasteiger partial charge on any atom is -0.349 e. The number of nitrogens with one attached hydrogen (secondary N) is 1. The molecule has 3 atom stereocenters. The summed E-state index contributed by atoms with van der Waals surface area (Å²) in [4.78, 5) is 26.5. The predicted molar refractivity (Wildman–Crippen MR) is 98.2 cm³/mol. The van der Waals surface area contributed by atoms with Crippen molar-refractivity contribution in [3.63, 3.8) is 0 Å². The zero-order valence-electron chi connectivity index (χ0n) is 14.4. The highest BCUT2D eigenvalue weighted by molar-refractivity contribution is 5.94. The predicted octanol–water partition coefficient (Wildman–Crippen LogP) is 2.20. The smallest absolute Gasteiger partial charge is 0.251 e. The van der Waals surface area contributed by atoms with Crippen molar-refractivity contribution >= 4 is 24.2 Å². The number of likely N-dealkylation sites (tertiary alicyclic amines) is 1. The molecule has 1 heterocycles. The van der Waals surface area contributed by atoms with Gasteiger partial charge in [0, 0.05) is 37.2 Å². The van der Waals surface area contributed by atoms with Crippen LogP contribution in [0.25, 0.3) is 0 Å². The standard InChI is InChI=1S/C18H27N3O2.ClH/c1-13-8-9-21(16(10-13)12-19)17(22)11-14(2)20-18(23)15-6-4-3-5-7-15;/h3-7,13-14,16H,8-12,19H2,1-2H3,(H,20,23);1H. The molecule has 0 bridgehead atoms. The minimum absolute atomic E-state index is 0. The highest BCUT2D eigenvalue weighted by atomic mass is 35.5. The van der Waals surface area contributed by atoms with Crippen molar-refractivity contribution in [1.82, 2.24) is 10.2 Å². The van der Waals surface area contributed by atoms with E-state index < -0.39 is 0 Å². The second-order valence-corrected chi connectivity index (χ2v) is 6.55. The molecule has 1 aliphatic heterocycles. The molecule has 1 aromatic rings. The molecule has 2 rings (SSSR count). The summed E-state index contributed by atoms with van der Waals surface area (Å²) >= 11 is 0. The van der Waals surface area contributed by atoms with Crippen LogP contribution < -0.4 is 11.1 Å². The van der Waals surface area contributed by atoms with E-state index in [0.717, 1.165) is 19.4 Å². The molecule has 6 heteroatoms. The van der Waals surface area contributed by atoms with Gasteiger partial charge in [0.2, 0.25) is 5.91 Å². The van der Waals surface area contributed by atoms with Gasteiger partial charge in [-0.2, -0.15) is 0 Å². The number of amides is 2. The largest absolute Gasteiger partial charge is 0.349 e. The van der Waals surface area contributed by atoms with E-state index in [0.29, 0.717) is 24.4 Å². The maximum Gasteiger partial charge on any atom is 0.251 e. The van der Waals surface area contributed by atoms with Crippen molar-refractivity contribution < 1.29 is 9.59 Å². The van der Waals surface area contributed by atoms with Crippen LogP contribution in [-0.2, 0) is 4.79 Å². The maximum atomic E-state index is 12.5. The number of halogens is 1. The molecule has 0 saturated carbocycles. The van der Waals surface area contributed by atoms with Crippen LogP contribution >= 0.6 is 12.4 Å². The second-order valence-electron chi connectivity index (χ2n) is 6.55. The Balaban J connectivity index is 0.00000288. The first-order valence-corrected chi connectivity index (χ1v) is 8.36. The van der Waals surface area contributed by atoms with E-state index in [1.165, 1.54) is 0 Å². The third-order valence-corrected chi connectivity index (χ3v) is 4.46. The van der Waals surface area contributed by atoms with Gasteiger partial charge in [0.25, 0.3) is 5.91 Å². The number of hydrogen-bond acceptors (Lipinski definition) is 3. The first kappa shape index (κ1) is 20.5. The van der Waals surface area contributed by atoms with Gasteiger partial charge in [-0.05, 0) is 37.8 Å². The summed E-state index contributed by atoms with van der Waals surface area (Å²) < 4.78 is 0. The van der Waals surface area contributed by atoms with Crippen molar-refractivity contribution in [3.8, 4) is 0 Å². The molecule has 1 fully saturated rings. The third kappa shape index (κ3) is 5.49. The van der Waals surface area contributed by atoms with Crippen molar-refractivity contribution in [2.75, 3.05) is 13.1 Å². The summed E-state index contributed by atoms with van der Waals surface area (Å²) in [6, 6.07) is 8.97. The van der Waals surface area contributed by atoms with Gasteiger partial charge in [-0.15, -0.1) is 12.4 Å². The van der Waals surface area contributed by atoms with Gasteiger partial charge < -0.3 is 16.0 Å². The van der Waals surface area contributed by atoms with Crippen LogP contribution in [0.1, 0.15) is 43.5 Å². The summed E-state index contributed by atoms with van der Waals surface area (Å²) in [6.45, 7) is 5.33. The van der Waals surface area contributed by atoms with Gasteiger partial charge in [0.1, 0.15) is 0 Å². The molecule has 0 radical (unpaired) electrons. The fourth-order valence-electron chi connectivity index (χ4n) is 3.13. The normalized spacial score (nSPS) is 21.5. The van der Waals surface area contributed by atoms with E-state index in [2.05, 4.69) is 12.2 Å². The number of rotatable bonds is 5. The maximum absolute atomic E-state index is 12.5. The lowest BCUT2D eigenvalue weighted by molar-refractivity contribution is -0.135. The second kappa shape index (κ2) is 9.64. The Hall–Kier alpha value is -1.59. The molecule has 0 spiro atoms. The summed E-state index contributed by atoms with van der Waals surface area (Å²) in [5.74, 6) is 0.546. The summed E-state index contributed by atoms with van der Waals surface area (Å²) in [6.07, 6.45) is 2.30. The fourth-order valence-corrected chi connectivity index (χ4v) is 3.13. The number of hydrogen-bond donors (Lipinski definition) is 2. The molecule has 1 aliphatic rings. The monoisotopic (exact) mass is 353 g/mol. The SMILES string of the molecule is CC1CCN(C(=O)CC(C)NC(=O)c2ccccc2)C(CN)C1.Cl. The van der Waals surface area contributed by atoms with Crippen LogP contribution in [0.4, 0.5) is 0 Å². The minimum atomic E-state index is -0.201. The number of nitrogens with two attached hydrogens (primary N) is 1. The molecule has 24 heavy (non-hydrogen) atoms. The molecule has 1 aromatic carbocycles. The van der Waals surface area contributed by atoms with Crippen LogP contribution in [-0.4, -0.2) is 41.9 Å². The number of carbonyl (C=O) groups is 2. The number of benzene rings is 1. The molecule has 134 valence electrons. The Labute approximate surface area is 150 Å². The lowest BCUT2D eigenvalue weighted by atomic mass is 9.92. The van der Waals surface area contributed by atoms with Gasteiger partial charge in [-0.1, -0.05) is 25.1 Å². The molecule has 2 amide bonds. The average molecular weight is 354 g/mol. The van der Waals surface area contributed by atoms with Gasteiger partial charge in [0.05, 0.1) is 0 Å². The van der Waals surface area contributed by atoms with Crippen LogP contribution in [0.5, 0.6) is 0 Å². The Morgan fingerprint density at radius 2 is 2.00 bits per heavy atom. The quantitative estimate of drug-likeness (QED) is 0.852. The Morgan fingerprint density at radius 1 is 1.33 bits per heavy atom. The van der Waals surface area contributed by atoms with Crippen molar-refractivity contribution in [3.05, 3.63) is 35.9 Å². The van der Waals surface area contributed by atoms with Crippen LogP contribution in [0.3, 0.4) is 0 Å². The van der Waals surface area contributed by atoms with E-state index in [-0.39, 0.29) is 36.3 Å². The van der Waals surface area contributed by atoms with Crippen LogP contribution in [0.2, 0.25) is 0 Å². The Kier molecular flexibility index (Phi) is 8.22. The first-order chi connectivity index (χ1) is 11.0. The van der Waals surface area contributed by atoms with Crippen molar-refractivity contribution in [2.24, 2.45) is 11.7 Å². The molecule has 5 nitrogen and oxygen atoms in total. The molecule has 1 saturated heterocycles. The molecule has 3 N–H and O–H groups in total. The summed E-state index contributed by atoms with van der Waals surface area (Å²) in [5.41, 5.74) is 6.43. The highest BCUT2D eigenvalue weighted by Crippen LogP contribution is 2.22. The Morgan fingerprint density at radius 3 is 2.62 bits per heavy atom. The first-order valence-electron chi connectivity index (χ1n) is 8.36. The van der Waals surface area contributed by atoms with E-state index in [4.69, 9.17) is 5.73 Å². The van der Waals surface area contributed by atoms with Gasteiger partial charge in [-0.25, -0.2) is 0 Å². The topological polar surface area (TPSA) is 75.4 Å². The van der Waals surface area contributed by atoms with E-state index in [1.54, 1.807) is 12.1 Å². The van der Waals surface area contributed by atoms with E-state index >= 15 is 0 Å². The summed E-state index contributed by atoms with van der Waals surface area (Å²) in [7, 11) is 0. The lowest BCUT2D eigenvalue weighted by Crippen LogP contribution is -2.50. The number of carbonyl (C=O) groups excluding carboxylic acids is 2. The molecular weight excluding hydrogens is 326 g/mol. The molecule has 0 aromatic heterocycles. The van der Waals surface area contributed by atoms with Crippen LogP contribution in [0.15, 0.2) is 30.3 Å². The van der Waals surface area contributed by atoms with E-state index in [9.17, 15) is 9.59 Å². The number of piperidine rings is 1. The van der Waals surface area contributed by atoms with Gasteiger partial charge in [-0.3, -0.25) is 9.59 Å². The zero-order valence-corrected chi connectivity index (χ0v) is 15.2. The molecule has 0 aliphatic carbocycles. The molecule has 3 unspecified atom stereocenters. The summed E-state index contributed by atoms with van der Waals surface area (Å²) in [5, 5.41) is 2.89.